The van der Waals surface area contributed by atoms with E-state index in [1.54, 1.807) is 17.0 Å². The Kier molecular flexibility index (Phi) is 4.29. The van der Waals surface area contributed by atoms with Crippen molar-refractivity contribution in [3.8, 4) is 5.75 Å². The fourth-order valence-electron chi connectivity index (χ4n) is 3.44. The van der Waals surface area contributed by atoms with Gasteiger partial charge in [0.2, 0.25) is 5.91 Å². The van der Waals surface area contributed by atoms with E-state index in [4.69, 9.17) is 5.73 Å². The van der Waals surface area contributed by atoms with Crippen LogP contribution in [0.5, 0.6) is 5.75 Å². The molecule has 2 N–H and O–H groups in total. The molecule has 1 amide bonds. The van der Waals surface area contributed by atoms with Gasteiger partial charge in [-0.25, -0.2) is 0 Å². The molecular formula is C16H20F2N2O2. The Morgan fingerprint density at radius 3 is 2.86 bits per heavy atom. The van der Waals surface area contributed by atoms with Gasteiger partial charge in [0.25, 0.3) is 0 Å². The van der Waals surface area contributed by atoms with Crippen LogP contribution >= 0.6 is 0 Å². The van der Waals surface area contributed by atoms with E-state index in [0.717, 1.165) is 43.4 Å². The Balaban J connectivity index is 1.80. The molecule has 1 aliphatic carbocycles. The first-order chi connectivity index (χ1) is 10.5. The van der Waals surface area contributed by atoms with Crippen molar-refractivity contribution in [2.75, 3.05) is 11.4 Å². The maximum absolute atomic E-state index is 12.7. The van der Waals surface area contributed by atoms with E-state index in [9.17, 15) is 13.6 Å². The fourth-order valence-corrected chi connectivity index (χ4v) is 3.44. The van der Waals surface area contributed by atoms with Gasteiger partial charge in [-0.05, 0) is 55.9 Å². The van der Waals surface area contributed by atoms with Crippen molar-refractivity contribution in [1.82, 2.24) is 0 Å². The van der Waals surface area contributed by atoms with Crippen LogP contribution in [-0.4, -0.2) is 25.1 Å². The van der Waals surface area contributed by atoms with E-state index in [2.05, 4.69) is 4.74 Å². The lowest BCUT2D eigenvalue weighted by Gasteiger charge is -2.31. The first-order valence-corrected chi connectivity index (χ1v) is 7.69. The monoisotopic (exact) mass is 310 g/mol. The molecule has 1 fully saturated rings. The van der Waals surface area contributed by atoms with Crippen LogP contribution in [0.4, 0.5) is 14.5 Å². The first kappa shape index (κ1) is 15.2. The number of nitrogens with zero attached hydrogens (tertiary/aromatic N) is 1. The molecule has 0 aromatic heterocycles. The van der Waals surface area contributed by atoms with Gasteiger partial charge in [-0.2, -0.15) is 8.78 Å². The number of amides is 1. The number of alkyl halides is 2. The zero-order chi connectivity index (χ0) is 15.7. The Bertz CT molecular complexity index is 565. The average Bonchev–Trinajstić information content (AvgIpc) is 2.91. The minimum Gasteiger partial charge on any atom is -0.435 e. The SMILES string of the molecule is NC1CCC(C(=O)N2CCCc3cc(OC(F)F)ccc32)C1. The molecule has 1 saturated carbocycles. The maximum Gasteiger partial charge on any atom is 0.387 e. The third-order valence-corrected chi connectivity index (χ3v) is 4.48. The van der Waals surface area contributed by atoms with E-state index >= 15 is 0 Å². The van der Waals surface area contributed by atoms with Crippen LogP contribution in [0.1, 0.15) is 31.2 Å². The molecule has 2 unspecified atom stereocenters. The zero-order valence-corrected chi connectivity index (χ0v) is 12.3. The van der Waals surface area contributed by atoms with Gasteiger partial charge in [0.15, 0.2) is 0 Å². The van der Waals surface area contributed by atoms with E-state index in [1.165, 1.54) is 6.07 Å². The number of carbonyl (C=O) groups is 1. The number of ether oxygens (including phenoxy) is 1. The summed E-state index contributed by atoms with van der Waals surface area (Å²) in [6, 6.07) is 4.93. The molecule has 1 aliphatic heterocycles. The maximum atomic E-state index is 12.7. The number of rotatable bonds is 3. The summed E-state index contributed by atoms with van der Waals surface area (Å²) in [6.07, 6.45) is 4.05. The van der Waals surface area contributed by atoms with Crippen LogP contribution < -0.4 is 15.4 Å². The smallest absolute Gasteiger partial charge is 0.387 e. The highest BCUT2D eigenvalue weighted by molar-refractivity contribution is 5.96. The van der Waals surface area contributed by atoms with Gasteiger partial charge in [-0.1, -0.05) is 0 Å². The van der Waals surface area contributed by atoms with Crippen LogP contribution in [-0.2, 0) is 11.2 Å². The van der Waals surface area contributed by atoms with Gasteiger partial charge in [-0.15, -0.1) is 0 Å². The van der Waals surface area contributed by atoms with Crippen LogP contribution in [0.3, 0.4) is 0 Å². The highest BCUT2D eigenvalue weighted by atomic mass is 19.3. The van der Waals surface area contributed by atoms with Crippen LogP contribution in [0.25, 0.3) is 0 Å². The summed E-state index contributed by atoms with van der Waals surface area (Å²) in [4.78, 5) is 14.5. The lowest BCUT2D eigenvalue weighted by Crippen LogP contribution is -2.39. The molecule has 1 heterocycles. The summed E-state index contributed by atoms with van der Waals surface area (Å²) in [5.41, 5.74) is 7.60. The standard InChI is InChI=1S/C16H20F2N2O2/c17-16(18)22-13-5-6-14-10(9-13)2-1-7-20(14)15(21)11-3-4-12(19)8-11/h5-6,9,11-12,16H,1-4,7-8,19H2. The number of hydrogen-bond donors (Lipinski definition) is 1. The molecule has 0 radical (unpaired) electrons. The third kappa shape index (κ3) is 3.06. The quantitative estimate of drug-likeness (QED) is 0.934. The van der Waals surface area contributed by atoms with Crippen molar-refractivity contribution in [3.63, 3.8) is 0 Å². The van der Waals surface area contributed by atoms with Gasteiger partial charge >= 0.3 is 6.61 Å². The summed E-state index contributed by atoms with van der Waals surface area (Å²) in [7, 11) is 0. The highest BCUT2D eigenvalue weighted by Gasteiger charge is 2.33. The number of carbonyl (C=O) groups excluding carboxylic acids is 1. The van der Waals surface area contributed by atoms with Gasteiger partial charge in [0, 0.05) is 24.2 Å². The molecule has 1 aromatic rings. The molecular weight excluding hydrogens is 290 g/mol. The molecule has 0 saturated heterocycles. The van der Waals surface area contributed by atoms with Gasteiger partial charge in [0.1, 0.15) is 5.75 Å². The number of anilines is 1. The van der Waals surface area contributed by atoms with E-state index in [-0.39, 0.29) is 23.6 Å². The van der Waals surface area contributed by atoms with Crippen LogP contribution in [0.2, 0.25) is 0 Å². The summed E-state index contributed by atoms with van der Waals surface area (Å²) in [5, 5.41) is 0. The fraction of sp³-hybridized carbons (Fsp3) is 0.562. The summed E-state index contributed by atoms with van der Waals surface area (Å²) < 4.78 is 29.0. The van der Waals surface area contributed by atoms with Gasteiger partial charge in [0.05, 0.1) is 0 Å². The molecule has 120 valence electrons. The number of hydrogen-bond acceptors (Lipinski definition) is 3. The average molecular weight is 310 g/mol. The molecule has 0 bridgehead atoms. The number of benzene rings is 1. The van der Waals surface area contributed by atoms with Crippen molar-refractivity contribution >= 4 is 11.6 Å². The predicted octanol–water partition coefficient (Wildman–Crippen LogP) is 2.69. The normalized spacial score (nSPS) is 24.5. The second-order valence-corrected chi connectivity index (χ2v) is 6.03. The Hall–Kier alpha value is -1.69. The van der Waals surface area contributed by atoms with Crippen LogP contribution in [0, 0.1) is 5.92 Å². The molecule has 0 spiro atoms. The van der Waals surface area contributed by atoms with Crippen molar-refractivity contribution in [2.45, 2.75) is 44.8 Å². The Labute approximate surface area is 128 Å². The lowest BCUT2D eigenvalue weighted by atomic mass is 9.98. The zero-order valence-electron chi connectivity index (χ0n) is 12.3. The number of fused-ring (bicyclic) bond motifs is 1. The van der Waals surface area contributed by atoms with Gasteiger partial charge < -0.3 is 15.4 Å². The topological polar surface area (TPSA) is 55.6 Å². The summed E-state index contributed by atoms with van der Waals surface area (Å²) >= 11 is 0. The summed E-state index contributed by atoms with van der Waals surface area (Å²) in [6.45, 7) is -2.16. The van der Waals surface area contributed by atoms with E-state index in [1.807, 2.05) is 0 Å². The molecule has 22 heavy (non-hydrogen) atoms. The van der Waals surface area contributed by atoms with Gasteiger partial charge in [-0.3, -0.25) is 4.79 Å². The van der Waals surface area contributed by atoms with Crippen molar-refractivity contribution < 1.29 is 18.3 Å². The molecule has 2 aliphatic rings. The molecule has 1 aromatic carbocycles. The Morgan fingerprint density at radius 2 is 2.18 bits per heavy atom. The van der Waals surface area contributed by atoms with Crippen molar-refractivity contribution in [1.29, 1.82) is 0 Å². The minimum absolute atomic E-state index is 0.0158. The third-order valence-electron chi connectivity index (χ3n) is 4.48. The van der Waals surface area contributed by atoms with Crippen molar-refractivity contribution in [3.05, 3.63) is 23.8 Å². The number of nitrogens with two attached hydrogens (primary N) is 1. The molecule has 3 rings (SSSR count). The second-order valence-electron chi connectivity index (χ2n) is 6.03. The highest BCUT2D eigenvalue weighted by Crippen LogP contribution is 2.34. The van der Waals surface area contributed by atoms with Crippen LogP contribution in [0.15, 0.2) is 18.2 Å². The first-order valence-electron chi connectivity index (χ1n) is 7.69. The molecule has 6 heteroatoms. The number of halogens is 2. The minimum atomic E-state index is -2.83. The Morgan fingerprint density at radius 1 is 1.36 bits per heavy atom. The number of aryl methyl sites for hydroxylation is 1. The summed E-state index contributed by atoms with van der Waals surface area (Å²) in [5.74, 6) is 0.236. The predicted molar refractivity (Wildman–Crippen MR) is 79.1 cm³/mol. The molecule has 4 nitrogen and oxygen atoms in total. The van der Waals surface area contributed by atoms with E-state index in [0.29, 0.717) is 6.54 Å². The lowest BCUT2D eigenvalue weighted by molar-refractivity contribution is -0.122. The molecule has 2 atom stereocenters. The van der Waals surface area contributed by atoms with E-state index < -0.39 is 6.61 Å². The second kappa shape index (κ2) is 6.20. The van der Waals surface area contributed by atoms with Crippen molar-refractivity contribution in [2.24, 2.45) is 11.7 Å². The largest absolute Gasteiger partial charge is 0.435 e.